The van der Waals surface area contributed by atoms with Crippen LogP contribution in [0.2, 0.25) is 0 Å². The minimum absolute atomic E-state index is 0.00479. The summed E-state index contributed by atoms with van der Waals surface area (Å²) in [4.78, 5) is 15.1. The second kappa shape index (κ2) is 2.96. The average molecular weight is 240 g/mol. The van der Waals surface area contributed by atoms with Gasteiger partial charge in [0.1, 0.15) is 5.52 Å². The van der Waals surface area contributed by atoms with Crippen LogP contribution in [-0.4, -0.2) is 10.8 Å². The van der Waals surface area contributed by atoms with Crippen molar-refractivity contribution >= 4 is 32.8 Å². The fraction of sp³-hybridized carbons (Fsp3) is 0.111. The summed E-state index contributed by atoms with van der Waals surface area (Å²) < 4.78 is 5.83. The Bertz CT molecular complexity index is 475. The quantitative estimate of drug-likeness (QED) is 0.719. The van der Waals surface area contributed by atoms with Gasteiger partial charge in [-0.25, -0.2) is 4.98 Å². The summed E-state index contributed by atoms with van der Waals surface area (Å²) >= 11 is 3.30. The highest BCUT2D eigenvalue weighted by Gasteiger charge is 2.08. The van der Waals surface area contributed by atoms with Gasteiger partial charge >= 0.3 is 0 Å². The highest BCUT2D eigenvalue weighted by atomic mass is 79.9. The molecule has 13 heavy (non-hydrogen) atoms. The number of benzene rings is 1. The van der Waals surface area contributed by atoms with Gasteiger partial charge in [0.2, 0.25) is 0 Å². The van der Waals surface area contributed by atoms with Crippen molar-refractivity contribution in [2.75, 3.05) is 0 Å². The molecule has 0 unspecified atom stereocenters. The van der Waals surface area contributed by atoms with Gasteiger partial charge < -0.3 is 4.42 Å². The van der Waals surface area contributed by atoms with E-state index in [1.54, 1.807) is 12.1 Å². The van der Waals surface area contributed by atoms with Crippen molar-refractivity contribution in [1.29, 1.82) is 0 Å². The van der Waals surface area contributed by atoms with Crippen LogP contribution in [0.15, 0.2) is 27.4 Å². The highest BCUT2D eigenvalue weighted by molar-refractivity contribution is 9.10. The van der Waals surface area contributed by atoms with Crippen LogP contribution in [0.4, 0.5) is 0 Å². The van der Waals surface area contributed by atoms with Crippen molar-refractivity contribution in [3.63, 3.8) is 0 Å². The SMILES string of the molecule is CC(=O)c1cc2ocnc2cc1Br. The van der Waals surface area contributed by atoms with E-state index in [9.17, 15) is 4.79 Å². The Balaban J connectivity index is 2.76. The number of aromatic nitrogens is 1. The molecule has 2 aromatic rings. The van der Waals surface area contributed by atoms with E-state index < -0.39 is 0 Å². The van der Waals surface area contributed by atoms with E-state index in [0.29, 0.717) is 11.1 Å². The zero-order valence-corrected chi connectivity index (χ0v) is 8.46. The maximum atomic E-state index is 11.1. The summed E-state index contributed by atoms with van der Waals surface area (Å²) in [7, 11) is 0. The molecule has 0 bridgehead atoms. The number of fused-ring (bicyclic) bond motifs is 1. The predicted molar refractivity (Wildman–Crippen MR) is 51.7 cm³/mol. The van der Waals surface area contributed by atoms with Crippen LogP contribution in [-0.2, 0) is 0 Å². The molecule has 0 amide bonds. The van der Waals surface area contributed by atoms with Gasteiger partial charge in [-0.1, -0.05) is 0 Å². The van der Waals surface area contributed by atoms with Crippen LogP contribution in [0.3, 0.4) is 0 Å². The molecular weight excluding hydrogens is 234 g/mol. The van der Waals surface area contributed by atoms with E-state index in [1.807, 2.05) is 0 Å². The van der Waals surface area contributed by atoms with Crippen molar-refractivity contribution in [2.45, 2.75) is 6.92 Å². The zero-order valence-electron chi connectivity index (χ0n) is 6.87. The Labute approximate surface area is 82.9 Å². The Morgan fingerprint density at radius 2 is 2.31 bits per heavy atom. The van der Waals surface area contributed by atoms with E-state index in [1.165, 1.54) is 13.3 Å². The van der Waals surface area contributed by atoms with Gasteiger partial charge in [-0.15, -0.1) is 0 Å². The topological polar surface area (TPSA) is 43.1 Å². The van der Waals surface area contributed by atoms with E-state index >= 15 is 0 Å². The van der Waals surface area contributed by atoms with Crippen molar-refractivity contribution in [1.82, 2.24) is 4.98 Å². The molecule has 1 aromatic heterocycles. The molecule has 0 fully saturated rings. The molecule has 0 aliphatic carbocycles. The lowest BCUT2D eigenvalue weighted by atomic mass is 10.1. The van der Waals surface area contributed by atoms with Gasteiger partial charge in [-0.05, 0) is 35.0 Å². The van der Waals surface area contributed by atoms with Crippen LogP contribution in [0.1, 0.15) is 17.3 Å². The van der Waals surface area contributed by atoms with E-state index in [-0.39, 0.29) is 5.78 Å². The summed E-state index contributed by atoms with van der Waals surface area (Å²) in [5.41, 5.74) is 1.99. The third-order valence-corrected chi connectivity index (χ3v) is 2.46. The first kappa shape index (κ1) is 8.44. The van der Waals surface area contributed by atoms with Crippen molar-refractivity contribution in [3.8, 4) is 0 Å². The first-order valence-corrected chi connectivity index (χ1v) is 4.51. The van der Waals surface area contributed by atoms with Gasteiger partial charge in [0.05, 0.1) is 0 Å². The molecule has 1 heterocycles. The second-order valence-corrected chi connectivity index (χ2v) is 3.56. The van der Waals surface area contributed by atoms with Gasteiger partial charge in [0.15, 0.2) is 17.8 Å². The standard InChI is InChI=1S/C9H6BrNO2/c1-5(12)6-2-9-8(3-7(6)10)11-4-13-9/h2-4H,1H3. The number of hydrogen-bond acceptors (Lipinski definition) is 3. The number of rotatable bonds is 1. The first-order valence-electron chi connectivity index (χ1n) is 3.72. The van der Waals surface area contributed by atoms with Crippen LogP contribution in [0.25, 0.3) is 11.1 Å². The number of carbonyl (C=O) groups excluding carboxylic acids is 1. The normalized spacial score (nSPS) is 10.6. The first-order chi connectivity index (χ1) is 6.18. The number of ketones is 1. The molecule has 0 spiro atoms. The number of halogens is 1. The maximum Gasteiger partial charge on any atom is 0.181 e. The van der Waals surface area contributed by atoms with Gasteiger partial charge in [0, 0.05) is 10.0 Å². The van der Waals surface area contributed by atoms with E-state index in [2.05, 4.69) is 20.9 Å². The second-order valence-electron chi connectivity index (χ2n) is 2.71. The molecule has 0 N–H and O–H groups in total. The monoisotopic (exact) mass is 239 g/mol. The van der Waals surface area contributed by atoms with Crippen molar-refractivity contribution in [2.24, 2.45) is 0 Å². The fourth-order valence-electron chi connectivity index (χ4n) is 1.15. The van der Waals surface area contributed by atoms with Crippen LogP contribution >= 0.6 is 15.9 Å². The third kappa shape index (κ3) is 1.37. The number of Topliss-reactive ketones (excluding diaryl/α,β-unsaturated/α-hetero) is 1. The Morgan fingerprint density at radius 3 is 3.00 bits per heavy atom. The molecule has 0 atom stereocenters. The molecule has 2 rings (SSSR count). The number of oxazole rings is 1. The van der Waals surface area contributed by atoms with E-state index in [0.717, 1.165) is 9.99 Å². The molecule has 4 heteroatoms. The minimum atomic E-state index is 0.00479. The molecule has 0 radical (unpaired) electrons. The van der Waals surface area contributed by atoms with Crippen LogP contribution in [0.5, 0.6) is 0 Å². The lowest BCUT2D eigenvalue weighted by Crippen LogP contribution is -1.92. The van der Waals surface area contributed by atoms with Crippen molar-refractivity contribution < 1.29 is 9.21 Å². The number of carbonyl (C=O) groups is 1. The minimum Gasteiger partial charge on any atom is -0.443 e. The Hall–Kier alpha value is -1.16. The number of hydrogen-bond donors (Lipinski definition) is 0. The van der Waals surface area contributed by atoms with Crippen LogP contribution in [0, 0.1) is 0 Å². The molecule has 0 aliphatic rings. The summed E-state index contributed by atoms with van der Waals surface area (Å²) in [5.74, 6) is 0.00479. The summed E-state index contributed by atoms with van der Waals surface area (Å²) in [6.07, 6.45) is 1.36. The molecule has 0 saturated carbocycles. The van der Waals surface area contributed by atoms with Gasteiger partial charge in [-0.3, -0.25) is 4.79 Å². The molecule has 66 valence electrons. The van der Waals surface area contributed by atoms with E-state index in [4.69, 9.17) is 4.42 Å². The molecular formula is C9H6BrNO2. The summed E-state index contributed by atoms with van der Waals surface area (Å²) in [6.45, 7) is 1.52. The van der Waals surface area contributed by atoms with Gasteiger partial charge in [0.25, 0.3) is 0 Å². The smallest absolute Gasteiger partial charge is 0.181 e. The van der Waals surface area contributed by atoms with Crippen LogP contribution < -0.4 is 0 Å². The summed E-state index contributed by atoms with van der Waals surface area (Å²) in [6, 6.07) is 3.46. The molecule has 3 nitrogen and oxygen atoms in total. The number of nitrogens with zero attached hydrogens (tertiary/aromatic N) is 1. The zero-order chi connectivity index (χ0) is 9.42. The average Bonchev–Trinajstić information content (AvgIpc) is 2.48. The van der Waals surface area contributed by atoms with Gasteiger partial charge in [-0.2, -0.15) is 0 Å². The molecule has 0 aliphatic heterocycles. The largest absolute Gasteiger partial charge is 0.443 e. The fourth-order valence-corrected chi connectivity index (χ4v) is 1.76. The molecule has 1 aromatic carbocycles. The predicted octanol–water partition coefficient (Wildman–Crippen LogP) is 2.79. The maximum absolute atomic E-state index is 11.1. The van der Waals surface area contributed by atoms with Crippen molar-refractivity contribution in [3.05, 3.63) is 28.6 Å². The highest BCUT2D eigenvalue weighted by Crippen LogP contribution is 2.23. The Morgan fingerprint density at radius 1 is 1.54 bits per heavy atom. The molecule has 0 saturated heterocycles. The third-order valence-electron chi connectivity index (χ3n) is 1.80. The summed E-state index contributed by atoms with van der Waals surface area (Å²) in [5, 5.41) is 0. The lowest BCUT2D eigenvalue weighted by molar-refractivity contribution is 0.101. The Kier molecular flexibility index (Phi) is 1.92. The lowest BCUT2D eigenvalue weighted by Gasteiger charge is -1.97.